The van der Waals surface area contributed by atoms with Crippen molar-refractivity contribution >= 4 is 22.9 Å². The molecule has 0 saturated carbocycles. The second-order valence-electron chi connectivity index (χ2n) is 5.49. The molecule has 23 heavy (non-hydrogen) atoms. The summed E-state index contributed by atoms with van der Waals surface area (Å²) in [6.07, 6.45) is 3.01. The second-order valence-corrected chi connectivity index (χ2v) is 5.49. The number of hydrogen-bond donors (Lipinski definition) is 2. The molecule has 2 aromatic rings. The third-order valence-electron chi connectivity index (χ3n) is 3.62. The highest BCUT2D eigenvalue weighted by molar-refractivity contribution is 5.83. The van der Waals surface area contributed by atoms with E-state index in [1.807, 2.05) is 28.8 Å². The predicted molar refractivity (Wildman–Crippen MR) is 92.6 cm³/mol. The Morgan fingerprint density at radius 3 is 2.87 bits per heavy atom. The number of para-hydroxylation sites is 2. The van der Waals surface area contributed by atoms with Gasteiger partial charge >= 0.3 is 0 Å². The van der Waals surface area contributed by atoms with Crippen LogP contribution in [0.3, 0.4) is 0 Å². The van der Waals surface area contributed by atoms with Crippen LogP contribution < -0.4 is 10.6 Å². The van der Waals surface area contributed by atoms with E-state index in [1.54, 1.807) is 7.11 Å². The zero-order valence-electron chi connectivity index (χ0n) is 14.0. The van der Waals surface area contributed by atoms with Crippen LogP contribution in [-0.2, 0) is 16.1 Å². The summed E-state index contributed by atoms with van der Waals surface area (Å²) >= 11 is 0. The molecule has 126 valence electrons. The van der Waals surface area contributed by atoms with E-state index in [-0.39, 0.29) is 12.5 Å². The zero-order chi connectivity index (χ0) is 16.5. The SMILES string of the molecule is CCCCNc1nc2ccccc2n1CC(=O)NCCCOC. The molecule has 6 heteroatoms. The normalized spacial score (nSPS) is 10.9. The van der Waals surface area contributed by atoms with Crippen molar-refractivity contribution < 1.29 is 9.53 Å². The molecule has 2 N–H and O–H groups in total. The van der Waals surface area contributed by atoms with Crippen molar-refractivity contribution in [3.05, 3.63) is 24.3 Å². The highest BCUT2D eigenvalue weighted by Gasteiger charge is 2.12. The molecule has 1 heterocycles. The first-order chi connectivity index (χ1) is 11.3. The van der Waals surface area contributed by atoms with Gasteiger partial charge in [0, 0.05) is 26.8 Å². The summed E-state index contributed by atoms with van der Waals surface area (Å²) in [6, 6.07) is 7.88. The topological polar surface area (TPSA) is 68.2 Å². The van der Waals surface area contributed by atoms with E-state index in [4.69, 9.17) is 4.74 Å². The lowest BCUT2D eigenvalue weighted by Crippen LogP contribution is -2.29. The Bertz CT molecular complexity index is 624. The Morgan fingerprint density at radius 2 is 2.09 bits per heavy atom. The highest BCUT2D eigenvalue weighted by Crippen LogP contribution is 2.19. The number of carbonyl (C=O) groups is 1. The molecule has 0 fully saturated rings. The predicted octanol–water partition coefficient (Wildman–Crippen LogP) is 2.40. The maximum atomic E-state index is 12.2. The summed E-state index contributed by atoms with van der Waals surface area (Å²) in [5.74, 6) is 0.745. The number of amides is 1. The molecule has 6 nitrogen and oxygen atoms in total. The summed E-state index contributed by atoms with van der Waals surface area (Å²) in [5.41, 5.74) is 1.87. The van der Waals surface area contributed by atoms with Crippen molar-refractivity contribution in [1.82, 2.24) is 14.9 Å². The lowest BCUT2D eigenvalue weighted by molar-refractivity contribution is -0.121. The zero-order valence-corrected chi connectivity index (χ0v) is 14.0. The van der Waals surface area contributed by atoms with E-state index in [0.29, 0.717) is 13.2 Å². The third kappa shape index (κ3) is 4.96. The van der Waals surface area contributed by atoms with Gasteiger partial charge in [0.05, 0.1) is 11.0 Å². The molecule has 0 atom stereocenters. The quantitative estimate of drug-likeness (QED) is 0.660. The number of rotatable bonds is 10. The van der Waals surface area contributed by atoms with Crippen molar-refractivity contribution in [2.24, 2.45) is 0 Å². The second kappa shape index (κ2) is 9.15. The number of aromatic nitrogens is 2. The van der Waals surface area contributed by atoms with Gasteiger partial charge in [0.15, 0.2) is 0 Å². The van der Waals surface area contributed by atoms with Crippen LogP contribution in [0.25, 0.3) is 11.0 Å². The molecular formula is C17H26N4O2. The standard InChI is InChI=1S/C17H26N4O2/c1-3-4-10-19-17-20-14-8-5-6-9-15(14)21(17)13-16(22)18-11-7-12-23-2/h5-6,8-9H,3-4,7,10-13H2,1-2H3,(H,18,22)(H,19,20). The van der Waals surface area contributed by atoms with E-state index in [2.05, 4.69) is 22.5 Å². The molecule has 0 unspecified atom stereocenters. The molecule has 0 aliphatic rings. The summed E-state index contributed by atoms with van der Waals surface area (Å²) in [7, 11) is 1.66. The van der Waals surface area contributed by atoms with Gasteiger partial charge in [0.2, 0.25) is 11.9 Å². The van der Waals surface area contributed by atoms with Gasteiger partial charge in [0.25, 0.3) is 0 Å². The number of ether oxygens (including phenoxy) is 1. The first-order valence-corrected chi connectivity index (χ1v) is 8.21. The average Bonchev–Trinajstić information content (AvgIpc) is 2.90. The van der Waals surface area contributed by atoms with Crippen LogP contribution in [-0.4, -0.2) is 42.3 Å². The summed E-state index contributed by atoms with van der Waals surface area (Å²) < 4.78 is 6.93. The Hall–Kier alpha value is -2.08. The van der Waals surface area contributed by atoms with Crippen LogP contribution in [0.15, 0.2) is 24.3 Å². The molecule has 2 rings (SSSR count). The van der Waals surface area contributed by atoms with Gasteiger partial charge in [0.1, 0.15) is 6.54 Å². The van der Waals surface area contributed by atoms with E-state index in [9.17, 15) is 4.79 Å². The number of nitrogens with one attached hydrogen (secondary N) is 2. The number of imidazole rings is 1. The molecule has 1 aromatic heterocycles. The number of anilines is 1. The van der Waals surface area contributed by atoms with Crippen molar-refractivity contribution in [1.29, 1.82) is 0 Å². The van der Waals surface area contributed by atoms with Crippen LogP contribution in [0.4, 0.5) is 5.95 Å². The molecule has 0 bridgehead atoms. The van der Waals surface area contributed by atoms with Gasteiger partial charge in [-0.15, -0.1) is 0 Å². The number of unbranched alkanes of at least 4 members (excludes halogenated alkanes) is 1. The minimum absolute atomic E-state index is 0.0113. The van der Waals surface area contributed by atoms with Gasteiger partial charge < -0.3 is 19.9 Å². The van der Waals surface area contributed by atoms with Gasteiger partial charge in [-0.2, -0.15) is 0 Å². The van der Waals surface area contributed by atoms with Crippen molar-refractivity contribution in [3.8, 4) is 0 Å². The van der Waals surface area contributed by atoms with Crippen molar-refractivity contribution in [2.75, 3.05) is 32.1 Å². The maximum Gasteiger partial charge on any atom is 0.240 e. The van der Waals surface area contributed by atoms with Crippen LogP contribution in [0, 0.1) is 0 Å². The molecule has 1 aromatic carbocycles. The molecule has 0 saturated heterocycles. The number of methoxy groups -OCH3 is 1. The monoisotopic (exact) mass is 318 g/mol. The van der Waals surface area contributed by atoms with Gasteiger partial charge in [-0.1, -0.05) is 25.5 Å². The Kier molecular flexibility index (Phi) is 6.87. The van der Waals surface area contributed by atoms with Crippen molar-refractivity contribution in [3.63, 3.8) is 0 Å². The van der Waals surface area contributed by atoms with Crippen LogP contribution in [0.1, 0.15) is 26.2 Å². The van der Waals surface area contributed by atoms with Crippen LogP contribution in [0.2, 0.25) is 0 Å². The van der Waals surface area contributed by atoms with Gasteiger partial charge in [-0.3, -0.25) is 4.79 Å². The van der Waals surface area contributed by atoms with Crippen LogP contribution >= 0.6 is 0 Å². The summed E-state index contributed by atoms with van der Waals surface area (Å²) in [6.45, 7) is 4.55. The van der Waals surface area contributed by atoms with E-state index in [1.165, 1.54) is 0 Å². The molecule has 0 spiro atoms. The van der Waals surface area contributed by atoms with Crippen LogP contribution in [0.5, 0.6) is 0 Å². The molecule has 0 aliphatic heterocycles. The van der Waals surface area contributed by atoms with Crippen molar-refractivity contribution in [2.45, 2.75) is 32.7 Å². The fourth-order valence-electron chi connectivity index (χ4n) is 2.39. The molecule has 0 radical (unpaired) electrons. The first-order valence-electron chi connectivity index (χ1n) is 8.21. The van der Waals surface area contributed by atoms with E-state index in [0.717, 1.165) is 42.8 Å². The fraction of sp³-hybridized carbons (Fsp3) is 0.529. The number of hydrogen-bond acceptors (Lipinski definition) is 4. The minimum Gasteiger partial charge on any atom is -0.385 e. The van der Waals surface area contributed by atoms with Gasteiger partial charge in [-0.25, -0.2) is 4.98 Å². The molecular weight excluding hydrogens is 292 g/mol. The lowest BCUT2D eigenvalue weighted by atomic mass is 10.3. The summed E-state index contributed by atoms with van der Waals surface area (Å²) in [4.78, 5) is 16.8. The number of fused-ring (bicyclic) bond motifs is 1. The largest absolute Gasteiger partial charge is 0.385 e. The third-order valence-corrected chi connectivity index (χ3v) is 3.62. The maximum absolute atomic E-state index is 12.2. The van der Waals surface area contributed by atoms with Gasteiger partial charge in [-0.05, 0) is 25.0 Å². The molecule has 1 amide bonds. The molecule has 0 aliphatic carbocycles. The highest BCUT2D eigenvalue weighted by atomic mass is 16.5. The number of carbonyl (C=O) groups excluding carboxylic acids is 1. The smallest absolute Gasteiger partial charge is 0.240 e. The summed E-state index contributed by atoms with van der Waals surface area (Å²) in [5, 5.41) is 6.26. The minimum atomic E-state index is -0.0113. The number of benzene rings is 1. The fourth-order valence-corrected chi connectivity index (χ4v) is 2.39. The van der Waals surface area contributed by atoms with E-state index >= 15 is 0 Å². The average molecular weight is 318 g/mol. The Balaban J connectivity index is 2.06. The Morgan fingerprint density at radius 1 is 1.26 bits per heavy atom. The lowest BCUT2D eigenvalue weighted by Gasteiger charge is -2.11. The Labute approximate surface area is 137 Å². The van der Waals surface area contributed by atoms with E-state index < -0.39 is 0 Å². The first kappa shape index (κ1) is 17.3. The number of nitrogens with zero attached hydrogens (tertiary/aromatic N) is 2.